The first-order valence-corrected chi connectivity index (χ1v) is 14.7. The molecule has 4 aromatic rings. The summed E-state index contributed by atoms with van der Waals surface area (Å²) in [7, 11) is 0. The van der Waals surface area contributed by atoms with E-state index in [1.165, 1.54) is 16.7 Å². The van der Waals surface area contributed by atoms with Gasteiger partial charge in [0.2, 0.25) is 0 Å². The van der Waals surface area contributed by atoms with Gasteiger partial charge >= 0.3 is 5.97 Å². The fourth-order valence-electron chi connectivity index (χ4n) is 4.86. The van der Waals surface area contributed by atoms with Crippen molar-refractivity contribution in [3.8, 4) is 0 Å². The highest BCUT2D eigenvalue weighted by atomic mass is 35.5. The average Bonchev–Trinajstić information content (AvgIpc) is 3.73. The maximum atomic E-state index is 11.9. The Balaban J connectivity index is 1.37. The molecule has 0 spiro atoms. The molecular weight excluding hydrogens is 522 g/mol. The van der Waals surface area contributed by atoms with Gasteiger partial charge in [-0.3, -0.25) is 4.79 Å². The van der Waals surface area contributed by atoms with Gasteiger partial charge in [0.05, 0.1) is 16.6 Å². The van der Waals surface area contributed by atoms with E-state index in [4.69, 9.17) is 16.6 Å². The topological polar surface area (TPSA) is 50.2 Å². The second kappa shape index (κ2) is 11.8. The van der Waals surface area contributed by atoms with E-state index in [0.717, 1.165) is 53.4 Å². The monoisotopic (exact) mass is 553 g/mol. The zero-order valence-electron chi connectivity index (χ0n) is 22.1. The Morgan fingerprint density at radius 3 is 2.64 bits per heavy atom. The molecule has 5 heteroatoms. The number of pyridine rings is 1. The van der Waals surface area contributed by atoms with Crippen LogP contribution in [-0.2, 0) is 11.2 Å². The molecule has 0 bridgehead atoms. The summed E-state index contributed by atoms with van der Waals surface area (Å²) in [5, 5.41) is 11.7. The molecule has 1 N–H and O–H groups in total. The van der Waals surface area contributed by atoms with Gasteiger partial charge in [0.25, 0.3) is 0 Å². The molecule has 0 radical (unpaired) electrons. The van der Waals surface area contributed by atoms with E-state index in [9.17, 15) is 9.90 Å². The number of hydrogen-bond acceptors (Lipinski definition) is 3. The van der Waals surface area contributed by atoms with Gasteiger partial charge in [-0.2, -0.15) is 11.8 Å². The fraction of sp³-hybridized carbons (Fsp3) is 0.235. The first-order chi connectivity index (χ1) is 18.8. The highest BCUT2D eigenvalue weighted by Gasteiger charge is 2.50. The second-order valence-corrected chi connectivity index (χ2v) is 12.1. The van der Waals surface area contributed by atoms with Crippen molar-refractivity contribution < 1.29 is 9.90 Å². The molecule has 5 rings (SSSR count). The van der Waals surface area contributed by atoms with Crippen LogP contribution in [0.15, 0.2) is 85.4 Å². The van der Waals surface area contributed by atoms with Gasteiger partial charge in [-0.15, -0.1) is 0 Å². The Morgan fingerprint density at radius 1 is 1.08 bits per heavy atom. The van der Waals surface area contributed by atoms with Gasteiger partial charge in [-0.05, 0) is 79.1 Å². The van der Waals surface area contributed by atoms with Crippen LogP contribution in [-0.4, -0.2) is 21.8 Å². The van der Waals surface area contributed by atoms with Crippen LogP contribution in [0.1, 0.15) is 59.4 Å². The molecule has 1 aromatic heterocycles. The van der Waals surface area contributed by atoms with Crippen molar-refractivity contribution in [2.75, 3.05) is 5.75 Å². The maximum Gasteiger partial charge on any atom is 0.310 e. The van der Waals surface area contributed by atoms with Crippen molar-refractivity contribution in [2.45, 2.75) is 37.9 Å². The third-order valence-electron chi connectivity index (χ3n) is 7.43. The summed E-state index contributed by atoms with van der Waals surface area (Å²) in [6, 6.07) is 26.8. The van der Waals surface area contributed by atoms with Crippen molar-refractivity contribution in [1.29, 1.82) is 0 Å². The molecule has 1 aliphatic carbocycles. The van der Waals surface area contributed by atoms with Gasteiger partial charge in [0.1, 0.15) is 0 Å². The average molecular weight is 554 g/mol. The van der Waals surface area contributed by atoms with Crippen molar-refractivity contribution in [2.24, 2.45) is 5.41 Å². The van der Waals surface area contributed by atoms with Crippen LogP contribution in [0.25, 0.3) is 28.6 Å². The van der Waals surface area contributed by atoms with Crippen LogP contribution < -0.4 is 0 Å². The summed E-state index contributed by atoms with van der Waals surface area (Å²) in [5.41, 5.74) is 7.05. The summed E-state index contributed by atoms with van der Waals surface area (Å²) >= 11 is 7.94. The molecule has 1 unspecified atom stereocenters. The van der Waals surface area contributed by atoms with E-state index in [-0.39, 0.29) is 5.25 Å². The fourth-order valence-corrected chi connectivity index (χ4v) is 6.58. The van der Waals surface area contributed by atoms with Crippen molar-refractivity contribution in [3.63, 3.8) is 0 Å². The Hall–Kier alpha value is -3.34. The number of aryl methyl sites for hydroxylation is 1. The normalized spacial score (nSPS) is 14.9. The molecule has 39 heavy (non-hydrogen) atoms. The lowest BCUT2D eigenvalue weighted by Crippen LogP contribution is -2.18. The van der Waals surface area contributed by atoms with Crippen LogP contribution >= 0.6 is 23.4 Å². The molecule has 1 aliphatic rings. The van der Waals surface area contributed by atoms with E-state index in [2.05, 4.69) is 67.3 Å². The number of aromatic nitrogens is 1. The third kappa shape index (κ3) is 6.63. The largest absolute Gasteiger partial charge is 0.481 e. The lowest BCUT2D eigenvalue weighted by molar-refractivity contribution is -0.142. The number of thioether (sulfide) groups is 1. The van der Waals surface area contributed by atoms with Gasteiger partial charge in [0, 0.05) is 21.4 Å². The van der Waals surface area contributed by atoms with Gasteiger partial charge in [-0.25, -0.2) is 4.98 Å². The SMILES string of the molecule is C=C(C)c1ccccc1CCC(SCC1(C(=O)O)CC1)c1cccc(/C=C/c2ccc3ccc(Cl)cc3n2)c1. The van der Waals surface area contributed by atoms with Crippen LogP contribution in [0.5, 0.6) is 0 Å². The molecule has 1 saturated carbocycles. The zero-order chi connectivity index (χ0) is 27.4. The molecule has 1 heterocycles. The molecule has 3 aromatic carbocycles. The summed E-state index contributed by atoms with van der Waals surface area (Å²) in [4.78, 5) is 16.6. The summed E-state index contributed by atoms with van der Waals surface area (Å²) in [6.45, 7) is 6.20. The highest BCUT2D eigenvalue weighted by molar-refractivity contribution is 7.99. The van der Waals surface area contributed by atoms with Crippen molar-refractivity contribution >= 4 is 58.0 Å². The quantitative estimate of drug-likeness (QED) is 0.201. The summed E-state index contributed by atoms with van der Waals surface area (Å²) in [5.74, 6) is -0.0269. The minimum absolute atomic E-state index is 0.189. The van der Waals surface area contributed by atoms with Gasteiger partial charge in [-0.1, -0.05) is 90.5 Å². The minimum Gasteiger partial charge on any atom is -0.481 e. The molecular formula is C34H32ClNO2S. The Bertz CT molecular complexity index is 1560. The predicted molar refractivity (Wildman–Crippen MR) is 166 cm³/mol. The van der Waals surface area contributed by atoms with Crippen molar-refractivity contribution in [1.82, 2.24) is 4.98 Å². The lowest BCUT2D eigenvalue weighted by Gasteiger charge is -2.21. The number of hydrogen-bond donors (Lipinski definition) is 1. The Labute approximate surface area is 239 Å². The standard InChI is InChI=1S/C34H32ClNO2S/c1-23(2)30-9-4-3-7-25(30)13-17-32(39-22-34(18-19-34)33(37)38)27-8-5-6-24(20-27)10-15-29-16-12-26-11-14-28(35)21-31(26)36-29/h3-12,14-16,20-21,32H,1,13,17-19,22H2,2H3,(H,37,38)/b15-10+. The third-order valence-corrected chi connectivity index (χ3v) is 9.29. The molecule has 1 atom stereocenters. The van der Waals surface area contributed by atoms with Gasteiger partial charge in [0.15, 0.2) is 0 Å². The second-order valence-electron chi connectivity index (χ2n) is 10.4. The number of rotatable bonds is 11. The summed E-state index contributed by atoms with van der Waals surface area (Å²) < 4.78 is 0. The van der Waals surface area contributed by atoms with Crippen LogP contribution in [0, 0.1) is 5.41 Å². The maximum absolute atomic E-state index is 11.9. The predicted octanol–water partition coefficient (Wildman–Crippen LogP) is 9.36. The summed E-state index contributed by atoms with van der Waals surface area (Å²) in [6.07, 6.45) is 7.48. The highest BCUT2D eigenvalue weighted by Crippen LogP contribution is 2.51. The first-order valence-electron chi connectivity index (χ1n) is 13.3. The number of fused-ring (bicyclic) bond motifs is 1. The molecule has 3 nitrogen and oxygen atoms in total. The van der Waals surface area contributed by atoms with E-state index in [1.807, 2.05) is 37.3 Å². The molecule has 0 aliphatic heterocycles. The number of benzene rings is 3. The van der Waals surface area contributed by atoms with Crippen LogP contribution in [0.3, 0.4) is 0 Å². The number of carboxylic acid groups (broad SMARTS) is 1. The Morgan fingerprint density at radius 2 is 1.87 bits per heavy atom. The van der Waals surface area contributed by atoms with E-state index >= 15 is 0 Å². The molecule has 1 fully saturated rings. The zero-order valence-corrected chi connectivity index (χ0v) is 23.6. The lowest BCUT2D eigenvalue weighted by atomic mass is 9.96. The van der Waals surface area contributed by atoms with E-state index in [0.29, 0.717) is 10.8 Å². The first kappa shape index (κ1) is 27.2. The van der Waals surface area contributed by atoms with Crippen LogP contribution in [0.2, 0.25) is 5.02 Å². The molecule has 198 valence electrons. The number of halogens is 1. The van der Waals surface area contributed by atoms with Crippen molar-refractivity contribution in [3.05, 3.63) is 118 Å². The van der Waals surface area contributed by atoms with E-state index < -0.39 is 11.4 Å². The number of allylic oxidation sites excluding steroid dienone is 1. The van der Waals surface area contributed by atoms with E-state index in [1.54, 1.807) is 11.8 Å². The smallest absolute Gasteiger partial charge is 0.310 e. The van der Waals surface area contributed by atoms with Crippen LogP contribution in [0.4, 0.5) is 0 Å². The molecule has 0 amide bonds. The number of nitrogens with zero attached hydrogens (tertiary/aromatic N) is 1. The number of aliphatic carboxylic acids is 1. The number of carboxylic acids is 1. The molecule has 0 saturated heterocycles. The minimum atomic E-state index is -0.665. The Kier molecular flexibility index (Phi) is 8.25. The van der Waals surface area contributed by atoms with Gasteiger partial charge < -0.3 is 5.11 Å². The number of carbonyl (C=O) groups is 1.